The molecule has 0 aliphatic carbocycles. The van der Waals surface area contributed by atoms with Gasteiger partial charge >= 0.3 is 0 Å². The Morgan fingerprint density at radius 3 is 2.62 bits per heavy atom. The van der Waals surface area contributed by atoms with Crippen molar-refractivity contribution in [3.63, 3.8) is 0 Å². The number of hydrogen-bond donors (Lipinski definition) is 1. The average Bonchev–Trinajstić information content (AvgIpc) is 2.98. The van der Waals surface area contributed by atoms with Crippen LogP contribution in [-0.2, 0) is 6.54 Å². The van der Waals surface area contributed by atoms with Crippen LogP contribution in [-0.4, -0.2) is 11.1 Å². The summed E-state index contributed by atoms with van der Waals surface area (Å²) < 4.78 is 18.5. The molecule has 0 fully saturated rings. The highest BCUT2D eigenvalue weighted by Gasteiger charge is 2.21. The molecule has 0 saturated heterocycles. The third kappa shape index (κ3) is 3.20. The molecule has 24 heavy (non-hydrogen) atoms. The Morgan fingerprint density at radius 1 is 1.17 bits per heavy atom. The number of aromatic nitrogens is 1. The Kier molecular flexibility index (Phi) is 4.42. The first-order chi connectivity index (χ1) is 11.6. The van der Waals surface area contributed by atoms with Crippen LogP contribution in [0, 0.1) is 19.7 Å². The van der Waals surface area contributed by atoms with Crippen LogP contribution in [0.5, 0.6) is 0 Å². The molecular formula is C19H17FN2O2. The largest absolute Gasteiger partial charge is 0.360 e. The summed E-state index contributed by atoms with van der Waals surface area (Å²) in [6, 6.07) is 14.2. The monoisotopic (exact) mass is 324 g/mol. The molecule has 1 N–H and O–H groups in total. The topological polar surface area (TPSA) is 55.1 Å². The van der Waals surface area contributed by atoms with E-state index >= 15 is 0 Å². The Hall–Kier alpha value is -2.95. The van der Waals surface area contributed by atoms with E-state index in [1.54, 1.807) is 26.0 Å². The Bertz CT molecular complexity index is 872. The van der Waals surface area contributed by atoms with E-state index in [1.807, 2.05) is 30.3 Å². The van der Waals surface area contributed by atoms with Crippen LogP contribution in [0.15, 0.2) is 53.1 Å². The minimum absolute atomic E-state index is 0.258. The van der Waals surface area contributed by atoms with E-state index in [1.165, 1.54) is 6.07 Å². The van der Waals surface area contributed by atoms with Crippen LogP contribution in [0.2, 0.25) is 0 Å². The summed E-state index contributed by atoms with van der Waals surface area (Å²) >= 11 is 0. The highest BCUT2D eigenvalue weighted by atomic mass is 19.1. The van der Waals surface area contributed by atoms with Crippen LogP contribution < -0.4 is 5.32 Å². The number of amides is 1. The van der Waals surface area contributed by atoms with Crippen molar-refractivity contribution in [3.05, 3.63) is 76.8 Å². The lowest BCUT2D eigenvalue weighted by Crippen LogP contribution is -2.23. The molecule has 1 amide bonds. The SMILES string of the molecule is Cc1cc(CNC(=O)c2c(-c3ccccc3)noc2C)ccc1F. The van der Waals surface area contributed by atoms with Crippen molar-refractivity contribution in [2.75, 3.05) is 0 Å². The molecule has 1 heterocycles. The second-order valence-corrected chi connectivity index (χ2v) is 5.59. The number of halogens is 1. The summed E-state index contributed by atoms with van der Waals surface area (Å²) in [5.74, 6) is -0.0671. The van der Waals surface area contributed by atoms with Gasteiger partial charge in [0, 0.05) is 12.1 Å². The highest BCUT2D eigenvalue weighted by molar-refractivity contribution is 6.00. The minimum Gasteiger partial charge on any atom is -0.360 e. The fourth-order valence-corrected chi connectivity index (χ4v) is 2.52. The molecule has 0 spiro atoms. The van der Waals surface area contributed by atoms with Gasteiger partial charge in [0.25, 0.3) is 5.91 Å². The quantitative estimate of drug-likeness (QED) is 0.788. The maximum absolute atomic E-state index is 13.3. The van der Waals surface area contributed by atoms with E-state index in [9.17, 15) is 9.18 Å². The van der Waals surface area contributed by atoms with E-state index < -0.39 is 0 Å². The van der Waals surface area contributed by atoms with Gasteiger partial charge in [0.15, 0.2) is 0 Å². The number of nitrogens with one attached hydrogen (secondary N) is 1. The lowest BCUT2D eigenvalue weighted by Gasteiger charge is -2.07. The zero-order chi connectivity index (χ0) is 17.1. The zero-order valence-corrected chi connectivity index (χ0v) is 13.5. The molecule has 0 aliphatic rings. The van der Waals surface area contributed by atoms with Crippen molar-refractivity contribution in [3.8, 4) is 11.3 Å². The maximum atomic E-state index is 13.3. The molecule has 2 aromatic carbocycles. The molecule has 3 aromatic rings. The fourth-order valence-electron chi connectivity index (χ4n) is 2.52. The van der Waals surface area contributed by atoms with Crippen LogP contribution in [0.4, 0.5) is 4.39 Å². The molecule has 1 aromatic heterocycles. The summed E-state index contributed by atoms with van der Waals surface area (Å²) in [6.07, 6.45) is 0. The van der Waals surface area contributed by atoms with Crippen molar-refractivity contribution in [1.29, 1.82) is 0 Å². The second-order valence-electron chi connectivity index (χ2n) is 5.59. The third-order valence-electron chi connectivity index (χ3n) is 3.81. The average molecular weight is 324 g/mol. The molecule has 0 aliphatic heterocycles. The number of hydrogen-bond acceptors (Lipinski definition) is 3. The van der Waals surface area contributed by atoms with Crippen molar-refractivity contribution >= 4 is 5.91 Å². The fraction of sp³-hybridized carbons (Fsp3) is 0.158. The lowest BCUT2D eigenvalue weighted by atomic mass is 10.1. The van der Waals surface area contributed by atoms with E-state index in [0.29, 0.717) is 29.1 Å². The number of rotatable bonds is 4. The van der Waals surface area contributed by atoms with Crippen molar-refractivity contribution in [2.24, 2.45) is 0 Å². The maximum Gasteiger partial charge on any atom is 0.257 e. The molecule has 3 rings (SSSR count). The van der Waals surface area contributed by atoms with Gasteiger partial charge in [-0.25, -0.2) is 4.39 Å². The van der Waals surface area contributed by atoms with Gasteiger partial charge in [-0.2, -0.15) is 0 Å². The van der Waals surface area contributed by atoms with Gasteiger partial charge < -0.3 is 9.84 Å². The molecule has 0 bridgehead atoms. The van der Waals surface area contributed by atoms with Crippen molar-refractivity contribution in [1.82, 2.24) is 10.5 Å². The summed E-state index contributed by atoms with van der Waals surface area (Å²) in [4.78, 5) is 12.6. The molecule has 5 heteroatoms. The van der Waals surface area contributed by atoms with Gasteiger partial charge in [-0.15, -0.1) is 0 Å². The molecule has 0 radical (unpaired) electrons. The van der Waals surface area contributed by atoms with E-state index in [2.05, 4.69) is 10.5 Å². The normalized spacial score (nSPS) is 10.6. The van der Waals surface area contributed by atoms with Crippen molar-refractivity contribution < 1.29 is 13.7 Å². The van der Waals surface area contributed by atoms with Gasteiger partial charge in [0.2, 0.25) is 0 Å². The first kappa shape index (κ1) is 15.9. The minimum atomic E-state index is -0.269. The summed E-state index contributed by atoms with van der Waals surface area (Å²) in [7, 11) is 0. The van der Waals surface area contributed by atoms with E-state index in [0.717, 1.165) is 11.1 Å². The Labute approximate surface area is 139 Å². The third-order valence-corrected chi connectivity index (χ3v) is 3.81. The number of aryl methyl sites for hydroxylation is 2. The standard InChI is InChI=1S/C19H17FN2O2/c1-12-10-14(8-9-16(12)20)11-21-19(23)17-13(2)24-22-18(17)15-6-4-3-5-7-15/h3-10H,11H2,1-2H3,(H,21,23). The number of carbonyl (C=O) groups excluding carboxylic acids is 1. The molecule has 0 saturated carbocycles. The van der Waals surface area contributed by atoms with Crippen LogP contribution in [0.1, 0.15) is 27.2 Å². The van der Waals surface area contributed by atoms with Gasteiger partial charge in [-0.1, -0.05) is 47.6 Å². The van der Waals surface area contributed by atoms with Gasteiger partial charge in [-0.05, 0) is 31.0 Å². The predicted molar refractivity (Wildman–Crippen MR) is 89.0 cm³/mol. The molecule has 0 unspecified atom stereocenters. The molecule has 4 nitrogen and oxygen atoms in total. The number of carbonyl (C=O) groups is 1. The lowest BCUT2D eigenvalue weighted by molar-refractivity contribution is 0.0950. The smallest absolute Gasteiger partial charge is 0.257 e. The zero-order valence-electron chi connectivity index (χ0n) is 13.5. The van der Waals surface area contributed by atoms with Gasteiger partial charge in [-0.3, -0.25) is 4.79 Å². The molecule has 122 valence electrons. The first-order valence-electron chi connectivity index (χ1n) is 7.61. The van der Waals surface area contributed by atoms with Crippen LogP contribution in [0.3, 0.4) is 0 Å². The summed E-state index contributed by atoms with van der Waals surface area (Å²) in [6.45, 7) is 3.70. The first-order valence-corrected chi connectivity index (χ1v) is 7.61. The van der Waals surface area contributed by atoms with Crippen LogP contribution in [0.25, 0.3) is 11.3 Å². The molecular weight excluding hydrogens is 307 g/mol. The second kappa shape index (κ2) is 6.66. The highest BCUT2D eigenvalue weighted by Crippen LogP contribution is 2.25. The van der Waals surface area contributed by atoms with Crippen molar-refractivity contribution in [2.45, 2.75) is 20.4 Å². The van der Waals surface area contributed by atoms with Gasteiger partial charge in [0.05, 0.1) is 0 Å². The van der Waals surface area contributed by atoms with Gasteiger partial charge in [0.1, 0.15) is 22.8 Å². The number of nitrogens with zero attached hydrogens (tertiary/aromatic N) is 1. The van der Waals surface area contributed by atoms with E-state index in [4.69, 9.17) is 4.52 Å². The van der Waals surface area contributed by atoms with E-state index in [-0.39, 0.29) is 11.7 Å². The summed E-state index contributed by atoms with van der Waals surface area (Å²) in [5, 5.41) is 6.84. The Morgan fingerprint density at radius 2 is 1.92 bits per heavy atom. The predicted octanol–water partition coefficient (Wildman–Crippen LogP) is 4.03. The number of benzene rings is 2. The summed E-state index contributed by atoms with van der Waals surface area (Å²) in [5.41, 5.74) is 3.13. The Balaban J connectivity index is 1.80. The van der Waals surface area contributed by atoms with Crippen LogP contribution >= 0.6 is 0 Å². The molecule has 0 atom stereocenters.